The molecule has 110 valence electrons. The molecule has 0 aliphatic carbocycles. The van der Waals surface area contributed by atoms with Crippen LogP contribution in [0.4, 0.5) is 0 Å². The van der Waals surface area contributed by atoms with E-state index in [9.17, 15) is 4.79 Å². The maximum absolute atomic E-state index is 12.0. The smallest absolute Gasteiger partial charge is 0.236 e. The lowest BCUT2D eigenvalue weighted by molar-refractivity contribution is -0.131. The van der Waals surface area contributed by atoms with Crippen LogP contribution in [0.2, 0.25) is 0 Å². The predicted molar refractivity (Wildman–Crippen MR) is 80.9 cm³/mol. The zero-order valence-electron chi connectivity index (χ0n) is 11.8. The topological polar surface area (TPSA) is 35.6 Å². The quantitative estimate of drug-likeness (QED) is 0.830. The molecule has 0 aromatic carbocycles. The van der Waals surface area contributed by atoms with Crippen molar-refractivity contribution in [1.29, 1.82) is 0 Å². The lowest BCUT2D eigenvalue weighted by atomic mass is 10.1. The zero-order valence-corrected chi connectivity index (χ0v) is 13.4. The van der Waals surface area contributed by atoms with E-state index in [2.05, 4.69) is 24.1 Å². The Morgan fingerprint density at radius 1 is 1.44 bits per heavy atom. The highest BCUT2D eigenvalue weighted by Gasteiger charge is 2.26. The Hall–Kier alpha value is -0.0300. The van der Waals surface area contributed by atoms with Crippen molar-refractivity contribution in [2.45, 2.75) is 26.3 Å². The van der Waals surface area contributed by atoms with Gasteiger partial charge in [-0.15, -0.1) is 24.8 Å². The molecule has 1 atom stereocenters. The molecule has 1 N–H and O–H groups in total. The lowest BCUT2D eigenvalue weighted by Crippen LogP contribution is -2.40. The Morgan fingerprint density at radius 3 is 2.56 bits per heavy atom. The number of hydrogen-bond donors (Lipinski definition) is 1. The molecule has 1 saturated heterocycles. The number of rotatable bonds is 5. The normalized spacial score (nSPS) is 18.8. The minimum Gasteiger partial charge on any atom is -0.341 e. The van der Waals surface area contributed by atoms with Crippen LogP contribution in [0.25, 0.3) is 0 Å². The number of carbonyl (C=O) groups excluding carboxylic acids is 1. The van der Waals surface area contributed by atoms with Crippen LogP contribution in [0.3, 0.4) is 0 Å². The number of nitrogens with zero attached hydrogens (tertiary/aromatic N) is 2. The molecule has 0 aromatic heterocycles. The van der Waals surface area contributed by atoms with Crippen LogP contribution < -0.4 is 5.32 Å². The second kappa shape index (κ2) is 9.84. The molecule has 0 spiro atoms. The summed E-state index contributed by atoms with van der Waals surface area (Å²) in [5, 5.41) is 3.18. The lowest BCUT2D eigenvalue weighted by Gasteiger charge is -2.24. The van der Waals surface area contributed by atoms with Gasteiger partial charge in [0.1, 0.15) is 0 Å². The van der Waals surface area contributed by atoms with E-state index in [1.807, 2.05) is 19.0 Å². The van der Waals surface area contributed by atoms with Gasteiger partial charge in [0, 0.05) is 19.1 Å². The van der Waals surface area contributed by atoms with Crippen LogP contribution in [-0.2, 0) is 4.79 Å². The molecule has 0 aromatic rings. The Balaban J connectivity index is 0. The summed E-state index contributed by atoms with van der Waals surface area (Å²) in [6.07, 6.45) is 1.14. The molecule has 18 heavy (non-hydrogen) atoms. The van der Waals surface area contributed by atoms with Crippen LogP contribution in [0.1, 0.15) is 20.3 Å². The van der Waals surface area contributed by atoms with Gasteiger partial charge in [-0.05, 0) is 46.8 Å². The van der Waals surface area contributed by atoms with Crippen molar-refractivity contribution in [2.24, 2.45) is 5.92 Å². The summed E-state index contributed by atoms with van der Waals surface area (Å²) in [5.74, 6) is 0.910. The first kappa shape index (κ1) is 20.3. The van der Waals surface area contributed by atoms with E-state index in [0.717, 1.165) is 26.1 Å². The van der Waals surface area contributed by atoms with Gasteiger partial charge in [0.2, 0.25) is 5.91 Å². The van der Waals surface area contributed by atoms with Crippen LogP contribution in [0.5, 0.6) is 0 Å². The van der Waals surface area contributed by atoms with Crippen molar-refractivity contribution in [3.05, 3.63) is 0 Å². The molecule has 1 aliphatic heterocycles. The van der Waals surface area contributed by atoms with Gasteiger partial charge in [-0.25, -0.2) is 0 Å². The largest absolute Gasteiger partial charge is 0.341 e. The molecule has 0 saturated carbocycles. The van der Waals surface area contributed by atoms with Crippen LogP contribution in [-0.4, -0.2) is 62.0 Å². The summed E-state index contributed by atoms with van der Waals surface area (Å²) >= 11 is 0. The van der Waals surface area contributed by atoms with Gasteiger partial charge in [0.15, 0.2) is 0 Å². The number of hydrogen-bond acceptors (Lipinski definition) is 3. The number of likely N-dealkylation sites (tertiary alicyclic amines) is 1. The SMILES string of the molecule is CNCC1CCN(C(=O)CN(C)C(C)C)C1.Cl.Cl. The van der Waals surface area contributed by atoms with Gasteiger partial charge in [-0.1, -0.05) is 0 Å². The molecule has 1 rings (SSSR count). The highest BCUT2D eigenvalue weighted by molar-refractivity contribution is 5.85. The third-order valence-corrected chi connectivity index (χ3v) is 3.40. The maximum Gasteiger partial charge on any atom is 0.236 e. The highest BCUT2D eigenvalue weighted by Crippen LogP contribution is 2.15. The summed E-state index contributed by atoms with van der Waals surface area (Å²) in [7, 11) is 3.97. The van der Waals surface area contributed by atoms with E-state index >= 15 is 0 Å². The number of carbonyl (C=O) groups is 1. The van der Waals surface area contributed by atoms with E-state index < -0.39 is 0 Å². The monoisotopic (exact) mass is 299 g/mol. The number of halogens is 2. The van der Waals surface area contributed by atoms with Gasteiger partial charge in [0.05, 0.1) is 6.54 Å². The van der Waals surface area contributed by atoms with E-state index in [1.54, 1.807) is 0 Å². The molecule has 1 unspecified atom stereocenters. The summed E-state index contributed by atoms with van der Waals surface area (Å²) < 4.78 is 0. The second-order valence-electron chi connectivity index (χ2n) is 5.06. The highest BCUT2D eigenvalue weighted by atomic mass is 35.5. The van der Waals surface area contributed by atoms with Crippen LogP contribution >= 0.6 is 24.8 Å². The Morgan fingerprint density at radius 2 is 2.06 bits per heavy atom. The van der Waals surface area contributed by atoms with Crippen molar-refractivity contribution < 1.29 is 4.79 Å². The molecular weight excluding hydrogens is 273 g/mol. The Bertz CT molecular complexity index is 239. The minimum atomic E-state index is 0. The number of nitrogens with one attached hydrogen (secondary N) is 1. The molecular formula is C12H27Cl2N3O. The summed E-state index contributed by atoms with van der Waals surface area (Å²) in [6, 6.07) is 0.430. The van der Waals surface area contributed by atoms with Crippen molar-refractivity contribution in [3.8, 4) is 0 Å². The average molecular weight is 300 g/mol. The van der Waals surface area contributed by atoms with Gasteiger partial charge >= 0.3 is 0 Å². The molecule has 0 bridgehead atoms. The van der Waals surface area contributed by atoms with Crippen molar-refractivity contribution in [3.63, 3.8) is 0 Å². The van der Waals surface area contributed by atoms with E-state index in [0.29, 0.717) is 18.5 Å². The summed E-state index contributed by atoms with van der Waals surface area (Å²) in [4.78, 5) is 16.1. The molecule has 1 amide bonds. The first-order valence-corrected chi connectivity index (χ1v) is 6.17. The fraction of sp³-hybridized carbons (Fsp3) is 0.917. The van der Waals surface area contributed by atoms with Gasteiger partial charge < -0.3 is 10.2 Å². The van der Waals surface area contributed by atoms with Crippen LogP contribution in [0.15, 0.2) is 0 Å². The van der Waals surface area contributed by atoms with Gasteiger partial charge in [0.25, 0.3) is 0 Å². The Kier molecular flexibility index (Phi) is 11.1. The zero-order chi connectivity index (χ0) is 12.1. The standard InChI is InChI=1S/C12H25N3O.2ClH/c1-10(2)14(4)9-12(16)15-6-5-11(8-15)7-13-3;;/h10-11,13H,5-9H2,1-4H3;2*1H. The second-order valence-corrected chi connectivity index (χ2v) is 5.06. The molecule has 1 fully saturated rings. The van der Waals surface area contributed by atoms with Crippen LogP contribution in [0, 0.1) is 5.92 Å². The molecule has 1 heterocycles. The first-order valence-electron chi connectivity index (χ1n) is 6.17. The summed E-state index contributed by atoms with van der Waals surface area (Å²) in [5.41, 5.74) is 0. The first-order chi connectivity index (χ1) is 7.54. The van der Waals surface area contributed by atoms with Crippen molar-refractivity contribution >= 4 is 30.7 Å². The third-order valence-electron chi connectivity index (χ3n) is 3.40. The number of amides is 1. The fourth-order valence-corrected chi connectivity index (χ4v) is 2.01. The molecule has 1 aliphatic rings. The molecule has 6 heteroatoms. The number of likely N-dealkylation sites (N-methyl/N-ethyl adjacent to an activating group) is 1. The Labute approximate surface area is 123 Å². The minimum absolute atomic E-state index is 0. The van der Waals surface area contributed by atoms with Gasteiger partial charge in [-0.2, -0.15) is 0 Å². The van der Waals surface area contributed by atoms with E-state index in [-0.39, 0.29) is 30.7 Å². The fourth-order valence-electron chi connectivity index (χ4n) is 2.01. The molecule has 4 nitrogen and oxygen atoms in total. The maximum atomic E-state index is 12.0. The predicted octanol–water partition coefficient (Wildman–Crippen LogP) is 1.24. The molecule has 0 radical (unpaired) electrons. The van der Waals surface area contributed by atoms with E-state index in [1.165, 1.54) is 0 Å². The van der Waals surface area contributed by atoms with Crippen molar-refractivity contribution in [1.82, 2.24) is 15.1 Å². The van der Waals surface area contributed by atoms with E-state index in [4.69, 9.17) is 0 Å². The van der Waals surface area contributed by atoms with Crippen molar-refractivity contribution in [2.75, 3.05) is 40.3 Å². The third kappa shape index (κ3) is 6.23. The van der Waals surface area contributed by atoms with Gasteiger partial charge in [-0.3, -0.25) is 9.69 Å². The average Bonchev–Trinajstić information content (AvgIpc) is 2.66. The summed E-state index contributed by atoms with van der Waals surface area (Å²) in [6.45, 7) is 7.64.